The van der Waals surface area contributed by atoms with E-state index >= 15 is 0 Å². The van der Waals surface area contributed by atoms with Gasteiger partial charge in [-0.3, -0.25) is 4.79 Å². The summed E-state index contributed by atoms with van der Waals surface area (Å²) in [6, 6.07) is 3.39. The van der Waals surface area contributed by atoms with Crippen molar-refractivity contribution in [3.05, 3.63) is 29.1 Å². The molecule has 1 aliphatic heterocycles. The Bertz CT molecular complexity index is 679. The molecule has 0 atom stereocenters. The van der Waals surface area contributed by atoms with Crippen LogP contribution in [0.15, 0.2) is 12.1 Å². The predicted molar refractivity (Wildman–Crippen MR) is 94.3 cm³/mol. The Hall–Kier alpha value is -1.40. The van der Waals surface area contributed by atoms with Gasteiger partial charge in [-0.15, -0.1) is 0 Å². The number of hydrogen-bond donors (Lipinski definition) is 0. The minimum absolute atomic E-state index is 0.0332. The van der Waals surface area contributed by atoms with Crippen LogP contribution in [0.25, 0.3) is 0 Å². The van der Waals surface area contributed by atoms with Gasteiger partial charge in [-0.2, -0.15) is 0 Å². The third-order valence-electron chi connectivity index (χ3n) is 6.00. The van der Waals surface area contributed by atoms with Gasteiger partial charge in [0.15, 0.2) is 0 Å². The number of ether oxygens (including phenoxy) is 1. The average molecular weight is 348 g/mol. The standard InChI is InChI=1S/C19H26BFO4/c1-11-7-16(21)14(12-8-13(9-12)17(22)23-6)10-15(11)20-24-18(2,3)19(4,5)25-20/h7,10,12-13H,8-9H2,1-6H3/t12-,13+. The van der Waals surface area contributed by atoms with Crippen molar-refractivity contribution in [3.8, 4) is 0 Å². The van der Waals surface area contributed by atoms with Gasteiger partial charge in [-0.25, -0.2) is 4.39 Å². The van der Waals surface area contributed by atoms with Crippen LogP contribution in [-0.2, 0) is 18.8 Å². The van der Waals surface area contributed by atoms with Crippen LogP contribution in [-0.4, -0.2) is 31.4 Å². The van der Waals surface area contributed by atoms with Crippen LogP contribution in [0.1, 0.15) is 57.6 Å². The first-order valence-electron chi connectivity index (χ1n) is 8.79. The largest absolute Gasteiger partial charge is 0.495 e. The third-order valence-corrected chi connectivity index (χ3v) is 6.00. The van der Waals surface area contributed by atoms with Crippen molar-refractivity contribution >= 4 is 18.6 Å². The molecule has 0 amide bonds. The monoisotopic (exact) mass is 348 g/mol. The van der Waals surface area contributed by atoms with Crippen LogP contribution in [0, 0.1) is 18.7 Å². The average Bonchev–Trinajstić information content (AvgIpc) is 2.67. The smallest absolute Gasteiger partial charge is 0.469 e. The van der Waals surface area contributed by atoms with Gasteiger partial charge in [0.25, 0.3) is 0 Å². The summed E-state index contributed by atoms with van der Waals surface area (Å²) >= 11 is 0. The molecule has 0 aromatic heterocycles. The lowest BCUT2D eigenvalue weighted by atomic mass is 9.68. The molecule has 1 saturated carbocycles. The fourth-order valence-electron chi connectivity index (χ4n) is 3.47. The number of esters is 1. The topological polar surface area (TPSA) is 44.8 Å². The molecule has 1 heterocycles. The van der Waals surface area contributed by atoms with Crippen molar-refractivity contribution in [3.63, 3.8) is 0 Å². The summed E-state index contributed by atoms with van der Waals surface area (Å²) in [7, 11) is 0.874. The Morgan fingerprint density at radius 1 is 1.20 bits per heavy atom. The molecule has 4 nitrogen and oxygen atoms in total. The van der Waals surface area contributed by atoms with Gasteiger partial charge in [0, 0.05) is 0 Å². The second-order valence-electron chi connectivity index (χ2n) is 8.21. The molecule has 0 bridgehead atoms. The van der Waals surface area contributed by atoms with Gasteiger partial charge >= 0.3 is 13.1 Å². The first-order valence-corrected chi connectivity index (χ1v) is 8.79. The highest BCUT2D eigenvalue weighted by atomic mass is 19.1. The SMILES string of the molecule is COC(=O)[C@H]1C[C@@H](c2cc(B3OC(C)(C)C(C)(C)O3)c(C)cc2F)C1. The van der Waals surface area contributed by atoms with E-state index in [1.165, 1.54) is 7.11 Å². The molecule has 1 saturated heterocycles. The Labute approximate surface area is 149 Å². The zero-order valence-electron chi connectivity index (χ0n) is 15.8. The van der Waals surface area contributed by atoms with E-state index in [4.69, 9.17) is 14.0 Å². The number of methoxy groups -OCH3 is 1. The van der Waals surface area contributed by atoms with E-state index < -0.39 is 18.3 Å². The minimum atomic E-state index is -0.513. The quantitative estimate of drug-likeness (QED) is 0.622. The van der Waals surface area contributed by atoms with E-state index in [0.29, 0.717) is 18.4 Å². The van der Waals surface area contributed by atoms with E-state index in [2.05, 4.69) is 0 Å². The number of halogens is 1. The molecule has 6 heteroatoms. The molecule has 0 radical (unpaired) electrons. The number of benzene rings is 1. The molecule has 0 unspecified atom stereocenters. The number of rotatable bonds is 3. The van der Waals surface area contributed by atoms with Crippen molar-refractivity contribution in [1.29, 1.82) is 0 Å². The molecule has 2 fully saturated rings. The molecule has 25 heavy (non-hydrogen) atoms. The maximum absolute atomic E-state index is 14.5. The van der Waals surface area contributed by atoms with E-state index in [9.17, 15) is 9.18 Å². The van der Waals surface area contributed by atoms with Crippen LogP contribution in [0.3, 0.4) is 0 Å². The molecule has 3 rings (SSSR count). The van der Waals surface area contributed by atoms with Crippen LogP contribution < -0.4 is 5.46 Å². The van der Waals surface area contributed by atoms with Crippen molar-refractivity contribution in [2.45, 2.75) is 64.6 Å². The van der Waals surface area contributed by atoms with Gasteiger partial charge < -0.3 is 14.0 Å². The molecule has 1 aliphatic carbocycles. The van der Waals surface area contributed by atoms with Crippen LogP contribution in [0.2, 0.25) is 0 Å². The van der Waals surface area contributed by atoms with Crippen LogP contribution in [0.4, 0.5) is 4.39 Å². The fraction of sp³-hybridized carbons (Fsp3) is 0.632. The van der Waals surface area contributed by atoms with E-state index in [1.54, 1.807) is 6.07 Å². The lowest BCUT2D eigenvalue weighted by Crippen LogP contribution is -2.41. The summed E-state index contributed by atoms with van der Waals surface area (Å²) < 4.78 is 31.5. The Kier molecular flexibility index (Phi) is 4.49. The number of aryl methyl sites for hydroxylation is 1. The van der Waals surface area contributed by atoms with Gasteiger partial charge in [0.2, 0.25) is 0 Å². The lowest BCUT2D eigenvalue weighted by Gasteiger charge is -2.34. The molecule has 136 valence electrons. The highest BCUT2D eigenvalue weighted by Gasteiger charge is 2.52. The number of carbonyl (C=O) groups excluding carboxylic acids is 1. The molecule has 2 aliphatic rings. The Balaban J connectivity index is 1.85. The molecule has 1 aromatic rings. The highest BCUT2D eigenvalue weighted by Crippen LogP contribution is 2.43. The van der Waals surface area contributed by atoms with Gasteiger partial charge in [-0.1, -0.05) is 6.07 Å². The van der Waals surface area contributed by atoms with Crippen LogP contribution >= 0.6 is 0 Å². The zero-order chi connectivity index (χ0) is 18.6. The second kappa shape index (κ2) is 6.10. The molecule has 0 spiro atoms. The summed E-state index contributed by atoms with van der Waals surface area (Å²) in [5.41, 5.74) is 1.42. The molecule has 0 N–H and O–H groups in total. The summed E-state index contributed by atoms with van der Waals surface area (Å²) in [6.45, 7) is 9.86. The van der Waals surface area contributed by atoms with E-state index in [0.717, 1.165) is 11.0 Å². The summed E-state index contributed by atoms with van der Waals surface area (Å²) in [4.78, 5) is 11.6. The molecular weight excluding hydrogens is 322 g/mol. The maximum atomic E-state index is 14.5. The number of carbonyl (C=O) groups is 1. The normalized spacial score (nSPS) is 27.1. The van der Waals surface area contributed by atoms with Gasteiger partial charge in [0.05, 0.1) is 24.2 Å². The maximum Gasteiger partial charge on any atom is 0.495 e. The number of hydrogen-bond acceptors (Lipinski definition) is 4. The van der Waals surface area contributed by atoms with Gasteiger partial charge in [-0.05, 0) is 76.0 Å². The van der Waals surface area contributed by atoms with Crippen molar-refractivity contribution < 1.29 is 23.2 Å². The Morgan fingerprint density at radius 2 is 1.76 bits per heavy atom. The van der Waals surface area contributed by atoms with E-state index in [1.807, 2.05) is 40.7 Å². The minimum Gasteiger partial charge on any atom is -0.469 e. The van der Waals surface area contributed by atoms with Gasteiger partial charge in [0.1, 0.15) is 5.82 Å². The molecular formula is C19H26BFO4. The van der Waals surface area contributed by atoms with Crippen molar-refractivity contribution in [1.82, 2.24) is 0 Å². The predicted octanol–water partition coefficient (Wildman–Crippen LogP) is 3.10. The second-order valence-corrected chi connectivity index (χ2v) is 8.21. The zero-order valence-corrected chi connectivity index (χ0v) is 15.8. The van der Waals surface area contributed by atoms with E-state index in [-0.39, 0.29) is 23.6 Å². The van der Waals surface area contributed by atoms with Crippen LogP contribution in [0.5, 0.6) is 0 Å². The highest BCUT2D eigenvalue weighted by molar-refractivity contribution is 6.62. The summed E-state index contributed by atoms with van der Waals surface area (Å²) in [5, 5.41) is 0. The third kappa shape index (κ3) is 3.10. The summed E-state index contributed by atoms with van der Waals surface area (Å²) in [5.74, 6) is -0.539. The fourth-order valence-corrected chi connectivity index (χ4v) is 3.47. The first kappa shape index (κ1) is 18.4. The molecule has 1 aromatic carbocycles. The Morgan fingerprint density at radius 3 is 2.28 bits per heavy atom. The first-order chi connectivity index (χ1) is 11.6. The van der Waals surface area contributed by atoms with Crippen molar-refractivity contribution in [2.24, 2.45) is 5.92 Å². The lowest BCUT2D eigenvalue weighted by molar-refractivity contribution is -0.148. The van der Waals surface area contributed by atoms with Crippen molar-refractivity contribution in [2.75, 3.05) is 7.11 Å². The summed E-state index contributed by atoms with van der Waals surface area (Å²) in [6.07, 6.45) is 1.24.